The number of ether oxygens (including phenoxy) is 1. The summed E-state index contributed by atoms with van der Waals surface area (Å²) in [6.45, 7) is 0.439. The molecule has 14 heavy (non-hydrogen) atoms. The van der Waals surface area contributed by atoms with Gasteiger partial charge in [-0.05, 0) is 36.0 Å². The molecular formula is C10H16INO2. The van der Waals surface area contributed by atoms with Crippen molar-refractivity contribution < 1.29 is 9.53 Å². The molecule has 80 valence electrons. The van der Waals surface area contributed by atoms with Gasteiger partial charge in [-0.25, -0.2) is 0 Å². The lowest BCUT2D eigenvalue weighted by atomic mass is 9.70. The normalized spacial score (nSPS) is 42.0. The number of hydrogen-bond donors (Lipinski definition) is 1. The molecule has 3 atom stereocenters. The number of esters is 1. The second-order valence-electron chi connectivity index (χ2n) is 4.52. The van der Waals surface area contributed by atoms with Gasteiger partial charge in [0.05, 0.1) is 11.5 Å². The number of halogens is 1. The molecule has 2 unspecified atom stereocenters. The Balaban J connectivity index is 2.04. The van der Waals surface area contributed by atoms with Gasteiger partial charge < -0.3 is 10.5 Å². The zero-order valence-corrected chi connectivity index (χ0v) is 10.3. The van der Waals surface area contributed by atoms with Gasteiger partial charge in [0.15, 0.2) is 0 Å². The van der Waals surface area contributed by atoms with E-state index in [1.54, 1.807) is 0 Å². The second-order valence-corrected chi connectivity index (χ2v) is 5.60. The third-order valence-electron chi connectivity index (χ3n) is 3.51. The third-order valence-corrected chi connectivity index (χ3v) is 4.13. The Labute approximate surface area is 97.9 Å². The molecule has 2 N–H and O–H groups in total. The molecule has 0 bridgehead atoms. The summed E-state index contributed by atoms with van der Waals surface area (Å²) in [5.74, 6) is 0.607. The molecule has 0 amide bonds. The SMILES string of the molecule is NC12COC(=O)[C@H]1CCC(CCI)C2. The van der Waals surface area contributed by atoms with Crippen LogP contribution in [0.3, 0.4) is 0 Å². The van der Waals surface area contributed by atoms with Crippen molar-refractivity contribution in [2.75, 3.05) is 11.0 Å². The van der Waals surface area contributed by atoms with Gasteiger partial charge in [0, 0.05) is 0 Å². The monoisotopic (exact) mass is 309 g/mol. The molecule has 0 aromatic heterocycles. The van der Waals surface area contributed by atoms with Crippen LogP contribution in [-0.4, -0.2) is 22.5 Å². The van der Waals surface area contributed by atoms with Gasteiger partial charge in [-0.3, -0.25) is 4.79 Å². The van der Waals surface area contributed by atoms with E-state index in [4.69, 9.17) is 10.5 Å². The molecule has 1 aliphatic carbocycles. The highest BCUT2D eigenvalue weighted by atomic mass is 127. The predicted octanol–water partition coefficient (Wildman–Crippen LogP) is 1.48. The molecule has 2 fully saturated rings. The van der Waals surface area contributed by atoms with Crippen LogP contribution in [0.25, 0.3) is 0 Å². The van der Waals surface area contributed by atoms with Gasteiger partial charge >= 0.3 is 5.97 Å². The Morgan fingerprint density at radius 3 is 3.07 bits per heavy atom. The highest BCUT2D eigenvalue weighted by Gasteiger charge is 2.50. The van der Waals surface area contributed by atoms with E-state index in [2.05, 4.69) is 22.6 Å². The van der Waals surface area contributed by atoms with Crippen LogP contribution in [0.15, 0.2) is 0 Å². The Kier molecular flexibility index (Phi) is 3.02. The average molecular weight is 309 g/mol. The van der Waals surface area contributed by atoms with E-state index in [1.807, 2.05) is 0 Å². The van der Waals surface area contributed by atoms with Crippen LogP contribution >= 0.6 is 22.6 Å². The summed E-state index contributed by atoms with van der Waals surface area (Å²) in [5, 5.41) is 0. The molecule has 0 radical (unpaired) electrons. The summed E-state index contributed by atoms with van der Waals surface area (Å²) in [5.41, 5.74) is 5.89. The summed E-state index contributed by atoms with van der Waals surface area (Å²) in [4.78, 5) is 11.4. The second kappa shape index (κ2) is 3.96. The number of cyclic esters (lactones) is 1. The molecule has 1 heterocycles. The molecule has 0 aromatic carbocycles. The molecule has 2 aliphatic rings. The molecule has 3 nitrogen and oxygen atoms in total. The molecule has 1 saturated carbocycles. The fraction of sp³-hybridized carbons (Fsp3) is 0.900. The van der Waals surface area contributed by atoms with Crippen molar-refractivity contribution in [1.29, 1.82) is 0 Å². The first kappa shape index (κ1) is 10.7. The first-order valence-electron chi connectivity index (χ1n) is 5.17. The Hall–Kier alpha value is 0.160. The quantitative estimate of drug-likeness (QED) is 0.477. The molecule has 1 saturated heterocycles. The van der Waals surface area contributed by atoms with Gasteiger partial charge in [-0.2, -0.15) is 0 Å². The lowest BCUT2D eigenvalue weighted by Gasteiger charge is -2.36. The maximum atomic E-state index is 11.4. The molecule has 1 aliphatic heterocycles. The van der Waals surface area contributed by atoms with Crippen molar-refractivity contribution in [3.63, 3.8) is 0 Å². The zero-order valence-electron chi connectivity index (χ0n) is 8.17. The van der Waals surface area contributed by atoms with Gasteiger partial charge in [-0.1, -0.05) is 22.6 Å². The summed E-state index contributed by atoms with van der Waals surface area (Å²) in [6, 6.07) is 0. The summed E-state index contributed by atoms with van der Waals surface area (Å²) in [7, 11) is 0. The minimum absolute atomic E-state index is 0.0204. The van der Waals surface area contributed by atoms with Crippen molar-refractivity contribution in [3.8, 4) is 0 Å². The van der Waals surface area contributed by atoms with Crippen LogP contribution in [0.5, 0.6) is 0 Å². The lowest BCUT2D eigenvalue weighted by molar-refractivity contribution is -0.141. The molecule has 2 rings (SSSR count). The van der Waals surface area contributed by atoms with Crippen LogP contribution < -0.4 is 5.73 Å². The van der Waals surface area contributed by atoms with E-state index >= 15 is 0 Å². The van der Waals surface area contributed by atoms with Gasteiger partial charge in [-0.15, -0.1) is 0 Å². The van der Waals surface area contributed by atoms with Crippen LogP contribution in [0.4, 0.5) is 0 Å². The number of rotatable bonds is 2. The number of carbonyl (C=O) groups excluding carboxylic acids is 1. The topological polar surface area (TPSA) is 52.3 Å². The van der Waals surface area contributed by atoms with Crippen molar-refractivity contribution in [3.05, 3.63) is 0 Å². The van der Waals surface area contributed by atoms with E-state index in [0.717, 1.165) is 19.3 Å². The predicted molar refractivity (Wildman–Crippen MR) is 62.2 cm³/mol. The fourth-order valence-corrected chi connectivity index (χ4v) is 3.57. The highest BCUT2D eigenvalue weighted by Crippen LogP contribution is 2.41. The average Bonchev–Trinajstić information content (AvgIpc) is 2.43. The van der Waals surface area contributed by atoms with Crippen molar-refractivity contribution in [1.82, 2.24) is 0 Å². The van der Waals surface area contributed by atoms with Crippen LogP contribution in [0.1, 0.15) is 25.7 Å². The Morgan fingerprint density at radius 1 is 1.57 bits per heavy atom. The number of alkyl halides is 1. The molecule has 0 spiro atoms. The van der Waals surface area contributed by atoms with Gasteiger partial charge in [0.2, 0.25) is 0 Å². The van der Waals surface area contributed by atoms with E-state index in [-0.39, 0.29) is 17.4 Å². The number of hydrogen-bond acceptors (Lipinski definition) is 3. The summed E-state index contributed by atoms with van der Waals surface area (Å²) >= 11 is 2.40. The standard InChI is InChI=1S/C10H16INO2/c11-4-3-7-1-2-8-9(13)14-6-10(8,12)5-7/h7-8H,1-6,12H2/t7?,8-,10?/m1/s1. The van der Waals surface area contributed by atoms with Crippen molar-refractivity contribution in [2.24, 2.45) is 17.6 Å². The van der Waals surface area contributed by atoms with Crippen LogP contribution in [0.2, 0.25) is 0 Å². The van der Waals surface area contributed by atoms with Gasteiger partial charge in [0.25, 0.3) is 0 Å². The highest BCUT2D eigenvalue weighted by molar-refractivity contribution is 14.1. The van der Waals surface area contributed by atoms with E-state index in [9.17, 15) is 4.79 Å². The largest absolute Gasteiger partial charge is 0.463 e. The molecular weight excluding hydrogens is 293 g/mol. The number of fused-ring (bicyclic) bond motifs is 1. The third kappa shape index (κ3) is 1.78. The fourth-order valence-electron chi connectivity index (χ4n) is 2.69. The molecule has 4 heteroatoms. The maximum Gasteiger partial charge on any atom is 0.311 e. The first-order chi connectivity index (χ1) is 6.65. The minimum atomic E-state index is -0.341. The van der Waals surface area contributed by atoms with E-state index in [0.29, 0.717) is 12.5 Å². The maximum absolute atomic E-state index is 11.4. The Bertz CT molecular complexity index is 246. The van der Waals surface area contributed by atoms with Gasteiger partial charge in [0.1, 0.15) is 6.61 Å². The smallest absolute Gasteiger partial charge is 0.311 e. The minimum Gasteiger partial charge on any atom is -0.463 e. The number of carbonyl (C=O) groups is 1. The van der Waals surface area contributed by atoms with E-state index in [1.165, 1.54) is 10.8 Å². The summed E-state index contributed by atoms with van der Waals surface area (Å²) in [6.07, 6.45) is 4.26. The Morgan fingerprint density at radius 2 is 2.36 bits per heavy atom. The lowest BCUT2D eigenvalue weighted by Crippen LogP contribution is -2.51. The number of nitrogens with two attached hydrogens (primary N) is 1. The summed E-state index contributed by atoms with van der Waals surface area (Å²) < 4.78 is 6.24. The van der Waals surface area contributed by atoms with Crippen LogP contribution in [-0.2, 0) is 9.53 Å². The van der Waals surface area contributed by atoms with E-state index < -0.39 is 0 Å². The molecule has 0 aromatic rings. The first-order valence-corrected chi connectivity index (χ1v) is 6.70. The zero-order chi connectivity index (χ0) is 10.2. The van der Waals surface area contributed by atoms with Crippen molar-refractivity contribution >= 4 is 28.6 Å². The van der Waals surface area contributed by atoms with Crippen LogP contribution in [0, 0.1) is 11.8 Å². The van der Waals surface area contributed by atoms with Crippen molar-refractivity contribution in [2.45, 2.75) is 31.2 Å².